The molecule has 4 nitrogen and oxygen atoms in total. The fraction of sp³-hybridized carbons (Fsp3) is 0.500. The minimum absolute atomic E-state index is 0.0285. The summed E-state index contributed by atoms with van der Waals surface area (Å²) in [6.45, 7) is 6.89. The van der Waals surface area contributed by atoms with E-state index in [1.165, 1.54) is 5.56 Å². The summed E-state index contributed by atoms with van der Waals surface area (Å²) in [6.07, 6.45) is 5.06. The molecule has 2 rings (SSSR count). The number of nitrogens with zero attached hydrogens (tertiary/aromatic N) is 1. The van der Waals surface area contributed by atoms with E-state index >= 15 is 0 Å². The summed E-state index contributed by atoms with van der Waals surface area (Å²) in [5.41, 5.74) is 2.07. The van der Waals surface area contributed by atoms with Crippen molar-refractivity contribution in [2.75, 3.05) is 25.0 Å². The summed E-state index contributed by atoms with van der Waals surface area (Å²) in [4.78, 5) is 14.2. The number of hydrogen-bond donors (Lipinski definition) is 2. The van der Waals surface area contributed by atoms with Gasteiger partial charge in [-0.1, -0.05) is 18.2 Å². The average Bonchev–Trinajstić information content (AvgIpc) is 2.54. The Kier molecular flexibility index (Phi) is 6.62. The normalized spacial score (nSPS) is 16.4. The van der Waals surface area contributed by atoms with E-state index in [4.69, 9.17) is 0 Å². The molecule has 2 N–H and O–H groups in total. The van der Waals surface area contributed by atoms with Crippen LogP contribution in [0.4, 0.5) is 5.69 Å². The second-order valence-electron chi connectivity index (χ2n) is 5.98. The SMILES string of the molecule is C=CCCC(=O)Nc1cccc(CN2CCC(CO)CC2)c1. The lowest BCUT2D eigenvalue weighted by Crippen LogP contribution is -2.34. The fourth-order valence-electron chi connectivity index (χ4n) is 2.79. The van der Waals surface area contributed by atoms with Crippen molar-refractivity contribution in [3.05, 3.63) is 42.5 Å². The lowest BCUT2D eigenvalue weighted by atomic mass is 9.97. The first-order valence-corrected chi connectivity index (χ1v) is 8.04. The molecule has 0 aliphatic carbocycles. The first-order chi connectivity index (χ1) is 10.7. The average molecular weight is 302 g/mol. The van der Waals surface area contributed by atoms with Gasteiger partial charge in [0, 0.05) is 25.3 Å². The quantitative estimate of drug-likeness (QED) is 0.762. The smallest absolute Gasteiger partial charge is 0.224 e. The van der Waals surface area contributed by atoms with Gasteiger partial charge >= 0.3 is 0 Å². The molecule has 22 heavy (non-hydrogen) atoms. The predicted octanol–water partition coefficient (Wildman–Crippen LogP) is 2.80. The monoisotopic (exact) mass is 302 g/mol. The van der Waals surface area contributed by atoms with Crippen molar-refractivity contribution >= 4 is 11.6 Å². The van der Waals surface area contributed by atoms with Gasteiger partial charge in [0.2, 0.25) is 5.91 Å². The van der Waals surface area contributed by atoms with Gasteiger partial charge in [-0.25, -0.2) is 0 Å². The molecule has 1 fully saturated rings. The zero-order chi connectivity index (χ0) is 15.8. The third-order valence-corrected chi connectivity index (χ3v) is 4.16. The van der Waals surface area contributed by atoms with Crippen LogP contribution in [0.5, 0.6) is 0 Å². The van der Waals surface area contributed by atoms with Crippen LogP contribution in [0.15, 0.2) is 36.9 Å². The van der Waals surface area contributed by atoms with Crippen molar-refractivity contribution in [3.8, 4) is 0 Å². The predicted molar refractivity (Wildman–Crippen MR) is 89.6 cm³/mol. The van der Waals surface area contributed by atoms with Crippen LogP contribution in [0.2, 0.25) is 0 Å². The number of hydrogen-bond acceptors (Lipinski definition) is 3. The summed E-state index contributed by atoms with van der Waals surface area (Å²) in [7, 11) is 0. The van der Waals surface area contributed by atoms with Gasteiger partial charge in [0.05, 0.1) is 0 Å². The molecule has 0 radical (unpaired) electrons. The highest BCUT2D eigenvalue weighted by Gasteiger charge is 2.18. The van der Waals surface area contributed by atoms with Gasteiger partial charge < -0.3 is 10.4 Å². The molecule has 0 spiro atoms. The second-order valence-corrected chi connectivity index (χ2v) is 5.98. The lowest BCUT2D eigenvalue weighted by Gasteiger charge is -2.31. The minimum Gasteiger partial charge on any atom is -0.396 e. The molecule has 1 amide bonds. The standard InChI is InChI=1S/C18H26N2O2/c1-2-3-7-18(22)19-17-6-4-5-16(12-17)13-20-10-8-15(14-21)9-11-20/h2,4-6,12,15,21H,1,3,7-11,13-14H2,(H,19,22). The Morgan fingerprint density at radius 3 is 2.86 bits per heavy atom. The van der Waals surface area contributed by atoms with Crippen LogP contribution in [0.25, 0.3) is 0 Å². The highest BCUT2D eigenvalue weighted by molar-refractivity contribution is 5.90. The van der Waals surface area contributed by atoms with Gasteiger partial charge in [-0.2, -0.15) is 0 Å². The highest BCUT2D eigenvalue weighted by Crippen LogP contribution is 2.19. The molecule has 120 valence electrons. The van der Waals surface area contributed by atoms with Crippen molar-refractivity contribution in [1.29, 1.82) is 0 Å². The van der Waals surface area contributed by atoms with Crippen LogP contribution in [0, 0.1) is 5.92 Å². The molecule has 0 atom stereocenters. The number of piperidine rings is 1. The molecule has 0 bridgehead atoms. The number of rotatable bonds is 7. The molecular weight excluding hydrogens is 276 g/mol. The fourth-order valence-corrected chi connectivity index (χ4v) is 2.79. The number of benzene rings is 1. The summed E-state index contributed by atoms with van der Waals surface area (Å²) < 4.78 is 0. The van der Waals surface area contributed by atoms with Crippen molar-refractivity contribution < 1.29 is 9.90 Å². The minimum atomic E-state index is 0.0285. The van der Waals surface area contributed by atoms with Gasteiger partial charge in [-0.05, 0) is 56.0 Å². The largest absolute Gasteiger partial charge is 0.396 e. The van der Waals surface area contributed by atoms with E-state index in [-0.39, 0.29) is 5.91 Å². The Balaban J connectivity index is 1.86. The first-order valence-electron chi connectivity index (χ1n) is 8.04. The summed E-state index contributed by atoms with van der Waals surface area (Å²) >= 11 is 0. The summed E-state index contributed by atoms with van der Waals surface area (Å²) in [5, 5.41) is 12.1. The lowest BCUT2D eigenvalue weighted by molar-refractivity contribution is -0.116. The van der Waals surface area contributed by atoms with Crippen LogP contribution in [-0.4, -0.2) is 35.6 Å². The molecule has 1 aromatic carbocycles. The zero-order valence-corrected chi connectivity index (χ0v) is 13.1. The first kappa shape index (κ1) is 16.7. The number of amides is 1. The Bertz CT molecular complexity index is 494. The molecule has 1 heterocycles. The number of likely N-dealkylation sites (tertiary alicyclic amines) is 1. The topological polar surface area (TPSA) is 52.6 Å². The van der Waals surface area contributed by atoms with E-state index in [0.29, 0.717) is 25.4 Å². The van der Waals surface area contributed by atoms with Gasteiger partial charge in [0.1, 0.15) is 0 Å². The van der Waals surface area contributed by atoms with Gasteiger partial charge in [-0.3, -0.25) is 9.69 Å². The molecule has 4 heteroatoms. The van der Waals surface area contributed by atoms with Crippen molar-refractivity contribution in [3.63, 3.8) is 0 Å². The molecule has 0 unspecified atom stereocenters. The number of nitrogens with one attached hydrogen (secondary N) is 1. The highest BCUT2D eigenvalue weighted by atomic mass is 16.3. The Morgan fingerprint density at radius 2 is 2.18 bits per heavy atom. The van der Waals surface area contributed by atoms with E-state index < -0.39 is 0 Å². The van der Waals surface area contributed by atoms with Gasteiger partial charge in [0.15, 0.2) is 0 Å². The number of allylic oxidation sites excluding steroid dienone is 1. The Labute approximate surface area is 132 Å². The Morgan fingerprint density at radius 1 is 1.41 bits per heavy atom. The molecule has 1 aromatic rings. The number of carbonyl (C=O) groups is 1. The molecule has 1 aliphatic rings. The third-order valence-electron chi connectivity index (χ3n) is 4.16. The molecular formula is C18H26N2O2. The van der Waals surface area contributed by atoms with E-state index in [1.807, 2.05) is 18.2 Å². The molecule has 1 aliphatic heterocycles. The number of aliphatic hydroxyl groups excluding tert-OH is 1. The van der Waals surface area contributed by atoms with Crippen molar-refractivity contribution in [2.45, 2.75) is 32.2 Å². The number of aliphatic hydroxyl groups is 1. The van der Waals surface area contributed by atoms with Crippen LogP contribution in [-0.2, 0) is 11.3 Å². The van der Waals surface area contributed by atoms with Gasteiger partial charge in [0.25, 0.3) is 0 Å². The van der Waals surface area contributed by atoms with Gasteiger partial charge in [-0.15, -0.1) is 6.58 Å². The van der Waals surface area contributed by atoms with Crippen LogP contribution in [0.1, 0.15) is 31.2 Å². The number of anilines is 1. The second kappa shape index (κ2) is 8.71. The number of carbonyl (C=O) groups excluding carboxylic acids is 1. The van der Waals surface area contributed by atoms with Crippen molar-refractivity contribution in [1.82, 2.24) is 4.90 Å². The van der Waals surface area contributed by atoms with Crippen LogP contribution in [0.3, 0.4) is 0 Å². The van der Waals surface area contributed by atoms with Crippen LogP contribution >= 0.6 is 0 Å². The summed E-state index contributed by atoms with van der Waals surface area (Å²) in [5.74, 6) is 0.493. The third kappa shape index (κ3) is 5.28. The maximum atomic E-state index is 11.7. The maximum absolute atomic E-state index is 11.7. The van der Waals surface area contributed by atoms with E-state index in [0.717, 1.165) is 38.2 Å². The summed E-state index contributed by atoms with van der Waals surface area (Å²) in [6, 6.07) is 8.05. The van der Waals surface area contributed by atoms with E-state index in [2.05, 4.69) is 22.9 Å². The van der Waals surface area contributed by atoms with E-state index in [9.17, 15) is 9.90 Å². The molecule has 0 saturated carbocycles. The molecule has 1 saturated heterocycles. The van der Waals surface area contributed by atoms with Crippen molar-refractivity contribution in [2.24, 2.45) is 5.92 Å². The van der Waals surface area contributed by atoms with Crippen LogP contribution < -0.4 is 5.32 Å². The Hall–Kier alpha value is -1.65. The molecule has 0 aromatic heterocycles. The maximum Gasteiger partial charge on any atom is 0.224 e. The zero-order valence-electron chi connectivity index (χ0n) is 13.1. The van der Waals surface area contributed by atoms with E-state index in [1.54, 1.807) is 6.08 Å².